The molecule has 0 bridgehead atoms. The third kappa shape index (κ3) is 4.87. The largest absolute Gasteiger partial charge is 0.214 e. The molecule has 0 unspecified atom stereocenters. The van der Waals surface area contributed by atoms with Crippen LogP contribution in [0, 0.1) is 0 Å². The topological polar surface area (TPSA) is 12.4 Å². The van der Waals surface area contributed by atoms with Gasteiger partial charge in [-0.05, 0) is 13.0 Å². The molecule has 0 aromatic carbocycles. The fourth-order valence-electron chi connectivity index (χ4n) is 0.265. The second-order valence-electron chi connectivity index (χ2n) is 1.24. The lowest BCUT2D eigenvalue weighted by atomic mass is 10.5. The zero-order valence-corrected chi connectivity index (χ0v) is 5.01. The van der Waals surface area contributed by atoms with Crippen LogP contribution in [-0.2, 0) is 0 Å². The van der Waals surface area contributed by atoms with Gasteiger partial charge in [-0.2, -0.15) is 13.8 Å². The smallest absolute Gasteiger partial charge is 0.198 e. The van der Waals surface area contributed by atoms with Crippen LogP contribution in [0.1, 0.15) is 6.92 Å². The van der Waals surface area contributed by atoms with E-state index in [9.17, 15) is 8.78 Å². The molecule has 0 aliphatic heterocycles. The summed E-state index contributed by atoms with van der Waals surface area (Å²) in [7, 11) is 0. The van der Waals surface area contributed by atoms with E-state index in [1.807, 2.05) is 0 Å². The van der Waals surface area contributed by atoms with Crippen molar-refractivity contribution >= 4 is 6.47 Å². The van der Waals surface area contributed by atoms with Gasteiger partial charge in [0.1, 0.15) is 0 Å². The normalized spacial score (nSPS) is 13.9. The molecule has 0 amide bonds. The maximum Gasteiger partial charge on any atom is 0.214 e. The summed E-state index contributed by atoms with van der Waals surface area (Å²) in [6, 6.07) is 0. The average molecular weight is 131 g/mol. The standard InChI is InChI=1S/C6H7F2N/c1-2-3-4-6(8)9-5-7/h2-5H,1H3/b3-2-,6-4-,9-5+. The average Bonchev–Trinajstić information content (AvgIpc) is 1.85. The van der Waals surface area contributed by atoms with Crippen molar-refractivity contribution in [1.29, 1.82) is 0 Å². The third-order valence-electron chi connectivity index (χ3n) is 0.598. The Morgan fingerprint density at radius 1 is 1.56 bits per heavy atom. The minimum absolute atomic E-state index is 0.0880. The molecule has 0 heterocycles. The number of aliphatic imine (C=N–C) groups is 1. The lowest BCUT2D eigenvalue weighted by molar-refractivity contribution is 0.624. The van der Waals surface area contributed by atoms with Crippen molar-refractivity contribution in [3.63, 3.8) is 0 Å². The SMILES string of the molecule is C\C=C/C=C(F)\N=C\F. The number of hydrogen-bond acceptors (Lipinski definition) is 1. The number of nitrogens with zero attached hydrogens (tertiary/aromatic N) is 1. The van der Waals surface area contributed by atoms with E-state index in [1.54, 1.807) is 13.0 Å². The van der Waals surface area contributed by atoms with Gasteiger partial charge in [0.05, 0.1) is 0 Å². The van der Waals surface area contributed by atoms with Gasteiger partial charge in [-0.25, -0.2) is 0 Å². The van der Waals surface area contributed by atoms with Gasteiger partial charge in [0.25, 0.3) is 0 Å². The van der Waals surface area contributed by atoms with Crippen molar-refractivity contribution < 1.29 is 8.78 Å². The Bertz CT molecular complexity index is 147. The zero-order valence-electron chi connectivity index (χ0n) is 5.01. The van der Waals surface area contributed by atoms with Gasteiger partial charge < -0.3 is 0 Å². The van der Waals surface area contributed by atoms with Crippen LogP contribution in [-0.4, -0.2) is 6.47 Å². The molecule has 9 heavy (non-hydrogen) atoms. The molecule has 0 atom stereocenters. The Hall–Kier alpha value is -0.990. The summed E-state index contributed by atoms with van der Waals surface area (Å²) >= 11 is 0. The first-order chi connectivity index (χ1) is 4.31. The maximum absolute atomic E-state index is 12.0. The summed E-state index contributed by atoms with van der Waals surface area (Å²) in [5.41, 5.74) is 0. The molecule has 0 aromatic rings. The van der Waals surface area contributed by atoms with Gasteiger partial charge in [0.2, 0.25) is 5.95 Å². The fourth-order valence-corrected chi connectivity index (χ4v) is 0.265. The monoisotopic (exact) mass is 131 g/mol. The number of allylic oxidation sites excluding steroid dienone is 3. The second kappa shape index (κ2) is 5.15. The Morgan fingerprint density at radius 2 is 2.22 bits per heavy atom. The molecule has 0 spiro atoms. The predicted octanol–water partition coefficient (Wildman–Crippen LogP) is 2.37. The van der Waals surface area contributed by atoms with Crippen molar-refractivity contribution in [2.24, 2.45) is 4.99 Å². The highest BCUT2D eigenvalue weighted by Gasteiger charge is 1.81. The van der Waals surface area contributed by atoms with Gasteiger partial charge in [-0.15, -0.1) is 0 Å². The van der Waals surface area contributed by atoms with Crippen molar-refractivity contribution in [3.05, 3.63) is 24.2 Å². The Balaban J connectivity index is 3.84. The van der Waals surface area contributed by atoms with E-state index >= 15 is 0 Å². The molecule has 0 saturated carbocycles. The van der Waals surface area contributed by atoms with Crippen LogP contribution in [0.25, 0.3) is 0 Å². The molecule has 0 rings (SSSR count). The van der Waals surface area contributed by atoms with Crippen LogP contribution < -0.4 is 0 Å². The first-order valence-electron chi connectivity index (χ1n) is 2.42. The van der Waals surface area contributed by atoms with Crippen LogP contribution in [0.3, 0.4) is 0 Å². The van der Waals surface area contributed by atoms with E-state index in [4.69, 9.17) is 0 Å². The van der Waals surface area contributed by atoms with E-state index in [-0.39, 0.29) is 6.47 Å². The molecular weight excluding hydrogens is 124 g/mol. The summed E-state index contributed by atoms with van der Waals surface area (Å²) in [6.45, 7) is 1.64. The molecule has 0 aliphatic rings. The predicted molar refractivity (Wildman–Crippen MR) is 33.6 cm³/mol. The van der Waals surface area contributed by atoms with Crippen molar-refractivity contribution in [2.45, 2.75) is 6.92 Å². The molecule has 0 radical (unpaired) electrons. The molecule has 0 saturated heterocycles. The van der Waals surface area contributed by atoms with Crippen LogP contribution in [0.2, 0.25) is 0 Å². The summed E-state index contributed by atoms with van der Waals surface area (Å²) in [6.07, 6.45) is 4.12. The van der Waals surface area contributed by atoms with E-state index < -0.39 is 5.95 Å². The summed E-state index contributed by atoms with van der Waals surface area (Å²) in [5, 5.41) is 0. The van der Waals surface area contributed by atoms with Crippen molar-refractivity contribution in [1.82, 2.24) is 0 Å². The molecule has 1 nitrogen and oxygen atoms in total. The van der Waals surface area contributed by atoms with Crippen molar-refractivity contribution in [3.8, 4) is 0 Å². The molecule has 0 aromatic heterocycles. The highest BCUT2D eigenvalue weighted by atomic mass is 19.1. The van der Waals surface area contributed by atoms with E-state index in [1.165, 1.54) is 6.08 Å². The van der Waals surface area contributed by atoms with Crippen LogP contribution in [0.4, 0.5) is 8.78 Å². The van der Waals surface area contributed by atoms with Gasteiger partial charge in [0, 0.05) is 0 Å². The number of rotatable bonds is 2. The van der Waals surface area contributed by atoms with Crippen LogP contribution in [0.5, 0.6) is 0 Å². The van der Waals surface area contributed by atoms with Crippen molar-refractivity contribution in [2.75, 3.05) is 0 Å². The first-order valence-corrected chi connectivity index (χ1v) is 2.42. The molecular formula is C6H7F2N. The minimum atomic E-state index is -0.837. The summed E-state index contributed by atoms with van der Waals surface area (Å²) in [4.78, 5) is 2.71. The third-order valence-corrected chi connectivity index (χ3v) is 0.598. The summed E-state index contributed by atoms with van der Waals surface area (Å²) < 4.78 is 23.0. The Kier molecular flexibility index (Phi) is 4.59. The molecule has 0 N–H and O–H groups in total. The molecule has 0 fully saturated rings. The van der Waals surface area contributed by atoms with E-state index in [2.05, 4.69) is 4.99 Å². The molecule has 50 valence electrons. The van der Waals surface area contributed by atoms with Crippen LogP contribution >= 0.6 is 0 Å². The fraction of sp³-hybridized carbons (Fsp3) is 0.167. The first kappa shape index (κ1) is 8.01. The molecule has 0 aliphatic carbocycles. The number of hydrogen-bond donors (Lipinski definition) is 0. The second-order valence-corrected chi connectivity index (χ2v) is 1.24. The van der Waals surface area contributed by atoms with E-state index in [0.717, 1.165) is 6.08 Å². The van der Waals surface area contributed by atoms with Gasteiger partial charge in [-0.1, -0.05) is 12.2 Å². The molecule has 3 heteroatoms. The minimum Gasteiger partial charge on any atom is -0.198 e. The van der Waals surface area contributed by atoms with E-state index in [0.29, 0.717) is 0 Å². The highest BCUT2D eigenvalue weighted by Crippen LogP contribution is 1.96. The summed E-state index contributed by atoms with van der Waals surface area (Å²) in [5.74, 6) is -0.837. The quantitative estimate of drug-likeness (QED) is 0.310. The van der Waals surface area contributed by atoms with Gasteiger partial charge in [-0.3, -0.25) is 0 Å². The Morgan fingerprint density at radius 3 is 2.67 bits per heavy atom. The maximum atomic E-state index is 12.0. The van der Waals surface area contributed by atoms with Gasteiger partial charge in [0.15, 0.2) is 6.47 Å². The zero-order chi connectivity index (χ0) is 7.11. The highest BCUT2D eigenvalue weighted by molar-refractivity contribution is 5.46. The van der Waals surface area contributed by atoms with Crippen LogP contribution in [0.15, 0.2) is 29.2 Å². The number of halogens is 2. The lowest BCUT2D eigenvalue weighted by Gasteiger charge is -1.77. The van der Waals surface area contributed by atoms with Gasteiger partial charge >= 0.3 is 0 Å². The lowest BCUT2D eigenvalue weighted by Crippen LogP contribution is -1.62. The Labute approximate surface area is 52.4 Å².